The van der Waals surface area contributed by atoms with Crippen molar-refractivity contribution in [3.63, 3.8) is 0 Å². The molecule has 0 spiro atoms. The molecule has 0 saturated heterocycles. The maximum atomic E-state index is 13.3. The highest BCUT2D eigenvalue weighted by Gasteiger charge is 2.30. The fraction of sp³-hybridized carbons (Fsp3) is 0.267. The molecule has 1 N–H and O–H groups in total. The second-order valence-corrected chi connectivity index (χ2v) is 5.70. The van der Waals surface area contributed by atoms with Gasteiger partial charge in [0, 0.05) is 17.0 Å². The molecular weight excluding hydrogens is 259 g/mol. The normalized spacial score (nSPS) is 15.7. The molecular formula is C15H15FN2S. The molecule has 0 fully saturated rings. The smallest absolute Gasteiger partial charge is 0.129 e. The van der Waals surface area contributed by atoms with Crippen LogP contribution in [0.25, 0.3) is 0 Å². The van der Waals surface area contributed by atoms with Crippen molar-refractivity contribution < 1.29 is 4.39 Å². The van der Waals surface area contributed by atoms with E-state index < -0.39 is 0 Å². The van der Waals surface area contributed by atoms with E-state index >= 15 is 0 Å². The summed E-state index contributed by atoms with van der Waals surface area (Å²) in [5.74, 6) is 0.171. The molecule has 98 valence electrons. The largest absolute Gasteiger partial charge is 0.344 e. The van der Waals surface area contributed by atoms with Crippen molar-refractivity contribution in [1.29, 1.82) is 5.41 Å². The van der Waals surface area contributed by atoms with Crippen LogP contribution in [0, 0.1) is 11.2 Å². The number of hydrogen-bond donors (Lipinski definition) is 1. The monoisotopic (exact) mass is 274 g/mol. The molecule has 0 bridgehead atoms. The van der Waals surface area contributed by atoms with Crippen LogP contribution in [0.1, 0.15) is 35.4 Å². The number of thiophene rings is 1. The second kappa shape index (κ2) is 4.78. The lowest BCUT2D eigenvalue weighted by Gasteiger charge is -2.27. The summed E-state index contributed by atoms with van der Waals surface area (Å²) in [5, 5.41) is 10.3. The minimum atomic E-state index is -0.269. The second-order valence-electron chi connectivity index (χ2n) is 4.72. The van der Waals surface area contributed by atoms with Crippen molar-refractivity contribution in [3.8, 4) is 0 Å². The molecule has 2 nitrogen and oxygen atoms in total. The highest BCUT2D eigenvalue weighted by Crippen LogP contribution is 2.35. The van der Waals surface area contributed by atoms with E-state index in [4.69, 9.17) is 5.41 Å². The van der Waals surface area contributed by atoms with Crippen LogP contribution < -0.4 is 0 Å². The van der Waals surface area contributed by atoms with Gasteiger partial charge in [-0.2, -0.15) is 0 Å². The van der Waals surface area contributed by atoms with Gasteiger partial charge in [-0.3, -0.25) is 5.41 Å². The molecule has 19 heavy (non-hydrogen) atoms. The number of nitrogens with one attached hydrogen (secondary N) is 1. The molecule has 1 aromatic heterocycles. The Morgan fingerprint density at radius 1 is 1.42 bits per heavy atom. The molecule has 1 aliphatic rings. The van der Waals surface area contributed by atoms with Crippen LogP contribution in [0.3, 0.4) is 0 Å². The van der Waals surface area contributed by atoms with E-state index in [2.05, 4.69) is 23.3 Å². The van der Waals surface area contributed by atoms with Gasteiger partial charge in [0.15, 0.2) is 0 Å². The van der Waals surface area contributed by atoms with Crippen molar-refractivity contribution in [1.82, 2.24) is 4.90 Å². The quantitative estimate of drug-likeness (QED) is 0.893. The fourth-order valence-corrected chi connectivity index (χ4v) is 3.57. The van der Waals surface area contributed by atoms with Crippen molar-refractivity contribution in [3.05, 3.63) is 57.5 Å². The van der Waals surface area contributed by atoms with E-state index in [-0.39, 0.29) is 11.9 Å². The summed E-state index contributed by atoms with van der Waals surface area (Å²) in [6.07, 6.45) is 0.944. The Bertz CT molecular complexity index is 607. The molecule has 1 aromatic carbocycles. The van der Waals surface area contributed by atoms with E-state index in [1.165, 1.54) is 17.0 Å². The van der Waals surface area contributed by atoms with Gasteiger partial charge < -0.3 is 4.90 Å². The SMILES string of the molecule is CCC(c1cccs1)N1Cc2ccc(F)cc2C1=N. The number of hydrogen-bond acceptors (Lipinski definition) is 2. The first-order chi connectivity index (χ1) is 9.20. The van der Waals surface area contributed by atoms with Gasteiger partial charge in [-0.05, 0) is 35.6 Å². The minimum Gasteiger partial charge on any atom is -0.344 e. The zero-order valence-electron chi connectivity index (χ0n) is 10.7. The van der Waals surface area contributed by atoms with E-state index in [0.29, 0.717) is 12.4 Å². The van der Waals surface area contributed by atoms with Crippen molar-refractivity contribution in [2.75, 3.05) is 0 Å². The summed E-state index contributed by atoms with van der Waals surface area (Å²) in [5.41, 5.74) is 1.77. The van der Waals surface area contributed by atoms with Crippen LogP contribution in [-0.4, -0.2) is 10.7 Å². The molecule has 3 rings (SSSR count). The zero-order chi connectivity index (χ0) is 13.4. The Labute approximate surface area is 116 Å². The highest BCUT2D eigenvalue weighted by molar-refractivity contribution is 7.10. The van der Waals surface area contributed by atoms with Gasteiger partial charge in [-0.1, -0.05) is 19.1 Å². The summed E-state index contributed by atoms with van der Waals surface area (Å²) >= 11 is 1.71. The molecule has 0 aliphatic carbocycles. The molecule has 0 amide bonds. The maximum Gasteiger partial charge on any atom is 0.129 e. The van der Waals surface area contributed by atoms with E-state index in [1.54, 1.807) is 17.4 Å². The third-order valence-electron chi connectivity index (χ3n) is 3.59. The zero-order valence-corrected chi connectivity index (χ0v) is 11.5. The summed E-state index contributed by atoms with van der Waals surface area (Å²) < 4.78 is 13.3. The van der Waals surface area contributed by atoms with Gasteiger partial charge in [0.25, 0.3) is 0 Å². The summed E-state index contributed by atoms with van der Waals surface area (Å²) in [6, 6.07) is 9.09. The van der Waals surface area contributed by atoms with Gasteiger partial charge in [0.05, 0.1) is 6.04 Å². The van der Waals surface area contributed by atoms with Crippen LogP contribution in [0.2, 0.25) is 0 Å². The number of amidine groups is 1. The van der Waals surface area contributed by atoms with Crippen molar-refractivity contribution in [2.45, 2.75) is 25.9 Å². The fourth-order valence-electron chi connectivity index (χ4n) is 2.65. The van der Waals surface area contributed by atoms with Gasteiger partial charge >= 0.3 is 0 Å². The van der Waals surface area contributed by atoms with Crippen molar-refractivity contribution in [2.24, 2.45) is 0 Å². The average molecular weight is 274 g/mol. The first-order valence-corrected chi connectivity index (χ1v) is 7.26. The lowest BCUT2D eigenvalue weighted by Crippen LogP contribution is -2.28. The molecule has 4 heteroatoms. The van der Waals surface area contributed by atoms with Crippen LogP contribution in [0.4, 0.5) is 4.39 Å². The molecule has 1 unspecified atom stereocenters. The van der Waals surface area contributed by atoms with Crippen molar-refractivity contribution >= 4 is 17.2 Å². The maximum absolute atomic E-state index is 13.3. The number of nitrogens with zero attached hydrogens (tertiary/aromatic N) is 1. The minimum absolute atomic E-state index is 0.211. The summed E-state index contributed by atoms with van der Waals surface area (Å²) in [4.78, 5) is 3.33. The lowest BCUT2D eigenvalue weighted by molar-refractivity contribution is 0.316. The Morgan fingerprint density at radius 2 is 2.26 bits per heavy atom. The Kier molecular flexibility index (Phi) is 3.11. The third kappa shape index (κ3) is 2.06. The van der Waals surface area contributed by atoms with Crippen LogP contribution in [0.15, 0.2) is 35.7 Å². The van der Waals surface area contributed by atoms with Gasteiger partial charge in [0.1, 0.15) is 11.7 Å². The van der Waals surface area contributed by atoms with E-state index in [0.717, 1.165) is 17.5 Å². The predicted molar refractivity (Wildman–Crippen MR) is 76.1 cm³/mol. The third-order valence-corrected chi connectivity index (χ3v) is 4.56. The van der Waals surface area contributed by atoms with E-state index in [9.17, 15) is 4.39 Å². The predicted octanol–water partition coefficient (Wildman–Crippen LogP) is 4.18. The molecule has 1 aliphatic heterocycles. The Morgan fingerprint density at radius 3 is 2.95 bits per heavy atom. The summed E-state index contributed by atoms with van der Waals surface area (Å²) in [7, 11) is 0. The molecule has 0 radical (unpaired) electrons. The molecule has 1 atom stereocenters. The van der Waals surface area contributed by atoms with Crippen LogP contribution in [-0.2, 0) is 6.54 Å². The first kappa shape index (κ1) is 12.4. The summed E-state index contributed by atoms with van der Waals surface area (Å²) in [6.45, 7) is 2.83. The molecule has 2 heterocycles. The average Bonchev–Trinajstić information content (AvgIpc) is 3.02. The van der Waals surface area contributed by atoms with Crippen LogP contribution in [0.5, 0.6) is 0 Å². The number of benzene rings is 1. The topological polar surface area (TPSA) is 27.1 Å². The van der Waals surface area contributed by atoms with Gasteiger partial charge in [-0.15, -0.1) is 11.3 Å². The Hall–Kier alpha value is -1.68. The molecule has 2 aromatic rings. The lowest BCUT2D eigenvalue weighted by atomic mass is 10.1. The molecule has 0 saturated carbocycles. The van der Waals surface area contributed by atoms with Gasteiger partial charge in [0.2, 0.25) is 0 Å². The highest BCUT2D eigenvalue weighted by atomic mass is 32.1. The standard InChI is InChI=1S/C15H15FN2S/c1-2-13(14-4-3-7-19-14)18-9-10-5-6-11(16)8-12(10)15(18)17/h3-8,13,17H,2,9H2,1H3. The van der Waals surface area contributed by atoms with Crippen LogP contribution >= 0.6 is 11.3 Å². The Balaban J connectivity index is 1.95. The van der Waals surface area contributed by atoms with E-state index in [1.807, 2.05) is 6.07 Å². The van der Waals surface area contributed by atoms with Gasteiger partial charge in [-0.25, -0.2) is 4.39 Å². The number of halogens is 1. The number of rotatable bonds is 3. The number of fused-ring (bicyclic) bond motifs is 1. The first-order valence-electron chi connectivity index (χ1n) is 6.38.